The van der Waals surface area contributed by atoms with Crippen LogP contribution in [0.3, 0.4) is 0 Å². The molecule has 3 nitrogen and oxygen atoms in total. The van der Waals surface area contributed by atoms with E-state index in [0.29, 0.717) is 10.6 Å². The Morgan fingerprint density at radius 1 is 1.10 bits per heavy atom. The fourth-order valence-electron chi connectivity index (χ4n) is 1.75. The van der Waals surface area contributed by atoms with Crippen LogP contribution in [0.25, 0.3) is 0 Å². The van der Waals surface area contributed by atoms with Gasteiger partial charge in [0.25, 0.3) is 0 Å². The Bertz CT molecular complexity index is 594. The van der Waals surface area contributed by atoms with Crippen LogP contribution in [0.4, 0.5) is 5.69 Å². The van der Waals surface area contributed by atoms with Gasteiger partial charge in [-0.15, -0.1) is 0 Å². The van der Waals surface area contributed by atoms with E-state index in [1.165, 1.54) is 0 Å². The molecule has 0 radical (unpaired) electrons. The lowest BCUT2D eigenvalue weighted by atomic mass is 10.1. The molecule has 0 unspecified atom stereocenters. The van der Waals surface area contributed by atoms with Crippen LogP contribution in [0.2, 0.25) is 0 Å². The Morgan fingerprint density at radius 3 is 2.35 bits per heavy atom. The van der Waals surface area contributed by atoms with Gasteiger partial charge in [-0.2, -0.15) is 0 Å². The minimum Gasteiger partial charge on any atom is -0.497 e. The molecule has 102 valence electrons. The number of anilines is 1. The maximum absolute atomic E-state index is 12.1. The number of hydrogen-bond acceptors (Lipinski definition) is 3. The van der Waals surface area contributed by atoms with Crippen LogP contribution in [0.5, 0.6) is 5.75 Å². The number of methoxy groups -OCH3 is 1. The first kappa shape index (κ1) is 14.2. The van der Waals surface area contributed by atoms with Gasteiger partial charge in [0.1, 0.15) is 5.75 Å². The fraction of sp³-hybridized carbons (Fsp3) is 0.125. The first-order valence-corrected chi connectivity index (χ1v) is 6.62. The Balaban J connectivity index is 1.95. The number of thiocarbonyl (C=S) groups is 1. The lowest BCUT2D eigenvalue weighted by molar-refractivity contribution is 0.100. The molecule has 2 aromatic rings. The van der Waals surface area contributed by atoms with Crippen LogP contribution in [0.15, 0.2) is 54.6 Å². The minimum atomic E-state index is -0.0129. The molecule has 2 aromatic carbocycles. The minimum absolute atomic E-state index is 0.0129. The quantitative estimate of drug-likeness (QED) is 0.671. The molecule has 0 aliphatic carbocycles. The van der Waals surface area contributed by atoms with Crippen molar-refractivity contribution in [2.45, 2.75) is 6.42 Å². The topological polar surface area (TPSA) is 38.3 Å². The first-order valence-electron chi connectivity index (χ1n) is 6.21. The van der Waals surface area contributed by atoms with Crippen LogP contribution in [-0.2, 0) is 0 Å². The summed E-state index contributed by atoms with van der Waals surface area (Å²) in [4.78, 5) is 12.6. The summed E-state index contributed by atoms with van der Waals surface area (Å²) in [5.41, 5.74) is 1.52. The molecule has 0 saturated heterocycles. The number of carbonyl (C=O) groups is 1. The van der Waals surface area contributed by atoms with Gasteiger partial charge in [0.05, 0.1) is 18.5 Å². The van der Waals surface area contributed by atoms with E-state index in [1.807, 2.05) is 30.3 Å². The summed E-state index contributed by atoms with van der Waals surface area (Å²) in [5, 5.41) is 3.05. The summed E-state index contributed by atoms with van der Waals surface area (Å²) in [5.74, 6) is 0.715. The molecule has 4 heteroatoms. The standard InChI is InChI=1S/C16H15NO2S/c1-19-14-9-7-12(8-10-14)15(18)11-16(20)17-13-5-3-2-4-6-13/h2-10H,11H2,1H3,(H,17,20). The second-order valence-electron chi connectivity index (χ2n) is 4.24. The number of hydrogen-bond donors (Lipinski definition) is 1. The largest absolute Gasteiger partial charge is 0.497 e. The molecule has 20 heavy (non-hydrogen) atoms. The molecular weight excluding hydrogens is 270 g/mol. The van der Waals surface area contributed by atoms with Crippen molar-refractivity contribution in [1.29, 1.82) is 0 Å². The van der Waals surface area contributed by atoms with Gasteiger partial charge in [0.15, 0.2) is 5.78 Å². The number of ketones is 1. The number of Topliss-reactive ketones (excluding diaryl/α,β-unsaturated/α-hetero) is 1. The highest BCUT2D eigenvalue weighted by Gasteiger charge is 2.09. The Morgan fingerprint density at radius 2 is 1.75 bits per heavy atom. The predicted molar refractivity (Wildman–Crippen MR) is 84.6 cm³/mol. The van der Waals surface area contributed by atoms with E-state index in [0.717, 1.165) is 11.4 Å². The van der Waals surface area contributed by atoms with Crippen molar-refractivity contribution in [1.82, 2.24) is 0 Å². The molecule has 1 N–H and O–H groups in total. The Hall–Kier alpha value is -2.20. The molecule has 0 spiro atoms. The molecule has 0 aliphatic rings. The maximum atomic E-state index is 12.1. The van der Waals surface area contributed by atoms with E-state index in [2.05, 4.69) is 5.32 Å². The molecular formula is C16H15NO2S. The van der Waals surface area contributed by atoms with Gasteiger partial charge in [-0.1, -0.05) is 30.4 Å². The lowest BCUT2D eigenvalue weighted by Crippen LogP contribution is -2.14. The van der Waals surface area contributed by atoms with Crippen molar-refractivity contribution >= 4 is 28.7 Å². The zero-order valence-corrected chi connectivity index (χ0v) is 11.9. The third kappa shape index (κ3) is 3.90. The monoisotopic (exact) mass is 285 g/mol. The van der Waals surface area contributed by atoms with Crippen LogP contribution >= 0.6 is 12.2 Å². The number of rotatable bonds is 5. The van der Waals surface area contributed by atoms with Crippen molar-refractivity contribution in [3.63, 3.8) is 0 Å². The zero-order chi connectivity index (χ0) is 14.4. The molecule has 0 aromatic heterocycles. The average molecular weight is 285 g/mol. The van der Waals surface area contributed by atoms with E-state index in [-0.39, 0.29) is 12.2 Å². The third-order valence-corrected chi connectivity index (χ3v) is 3.04. The Labute approximate surface area is 123 Å². The number of benzene rings is 2. The van der Waals surface area contributed by atoms with Gasteiger partial charge >= 0.3 is 0 Å². The normalized spacial score (nSPS) is 9.85. The SMILES string of the molecule is COc1ccc(C(=O)CC(=S)Nc2ccccc2)cc1. The van der Waals surface area contributed by atoms with Gasteiger partial charge < -0.3 is 10.1 Å². The van der Waals surface area contributed by atoms with E-state index in [1.54, 1.807) is 31.4 Å². The van der Waals surface area contributed by atoms with E-state index in [4.69, 9.17) is 17.0 Å². The molecule has 0 saturated carbocycles. The first-order chi connectivity index (χ1) is 9.69. The van der Waals surface area contributed by atoms with Crippen LogP contribution < -0.4 is 10.1 Å². The molecule has 0 aliphatic heterocycles. The number of para-hydroxylation sites is 1. The highest BCUT2D eigenvalue weighted by atomic mass is 32.1. The maximum Gasteiger partial charge on any atom is 0.169 e. The summed E-state index contributed by atoms with van der Waals surface area (Å²) in [6.07, 6.45) is 0.191. The fourth-order valence-corrected chi connectivity index (χ4v) is 2.00. The summed E-state index contributed by atoms with van der Waals surface area (Å²) in [7, 11) is 1.59. The van der Waals surface area contributed by atoms with Crippen molar-refractivity contribution in [2.75, 3.05) is 12.4 Å². The highest BCUT2D eigenvalue weighted by Crippen LogP contribution is 2.13. The Kier molecular flexibility index (Phi) is 4.85. The van der Waals surface area contributed by atoms with Crippen molar-refractivity contribution in [3.8, 4) is 5.75 Å². The number of nitrogens with one attached hydrogen (secondary N) is 1. The van der Waals surface area contributed by atoms with Crippen molar-refractivity contribution in [3.05, 3.63) is 60.2 Å². The zero-order valence-electron chi connectivity index (χ0n) is 11.1. The third-order valence-electron chi connectivity index (χ3n) is 2.79. The molecule has 0 heterocycles. The summed E-state index contributed by atoms with van der Waals surface area (Å²) < 4.78 is 5.06. The smallest absolute Gasteiger partial charge is 0.169 e. The van der Waals surface area contributed by atoms with Gasteiger partial charge in [0, 0.05) is 11.3 Å². The molecule has 0 amide bonds. The van der Waals surface area contributed by atoms with Crippen molar-refractivity contribution in [2.24, 2.45) is 0 Å². The lowest BCUT2D eigenvalue weighted by Gasteiger charge is -2.07. The van der Waals surface area contributed by atoms with Gasteiger partial charge in [0.2, 0.25) is 0 Å². The van der Waals surface area contributed by atoms with E-state index < -0.39 is 0 Å². The second-order valence-corrected chi connectivity index (χ2v) is 4.74. The van der Waals surface area contributed by atoms with Crippen LogP contribution in [0.1, 0.15) is 16.8 Å². The second kappa shape index (κ2) is 6.82. The average Bonchev–Trinajstić information content (AvgIpc) is 2.48. The van der Waals surface area contributed by atoms with Crippen LogP contribution in [0, 0.1) is 0 Å². The van der Waals surface area contributed by atoms with Gasteiger partial charge in [-0.05, 0) is 36.4 Å². The summed E-state index contributed by atoms with van der Waals surface area (Å²) >= 11 is 5.20. The summed E-state index contributed by atoms with van der Waals surface area (Å²) in [6.45, 7) is 0. The number of ether oxygens (including phenoxy) is 1. The van der Waals surface area contributed by atoms with Crippen LogP contribution in [-0.4, -0.2) is 17.9 Å². The van der Waals surface area contributed by atoms with Crippen molar-refractivity contribution < 1.29 is 9.53 Å². The van der Waals surface area contributed by atoms with E-state index >= 15 is 0 Å². The predicted octanol–water partition coefficient (Wildman–Crippen LogP) is 3.71. The summed E-state index contributed by atoms with van der Waals surface area (Å²) in [6, 6.07) is 16.6. The molecule has 0 fully saturated rings. The number of carbonyl (C=O) groups excluding carboxylic acids is 1. The van der Waals surface area contributed by atoms with E-state index in [9.17, 15) is 4.79 Å². The molecule has 0 bridgehead atoms. The molecule has 2 rings (SSSR count). The molecule has 0 atom stereocenters. The highest BCUT2D eigenvalue weighted by molar-refractivity contribution is 7.80. The van der Waals surface area contributed by atoms with Gasteiger partial charge in [-0.25, -0.2) is 0 Å². The van der Waals surface area contributed by atoms with Gasteiger partial charge in [-0.3, -0.25) is 4.79 Å².